The van der Waals surface area contributed by atoms with Crippen LogP contribution in [0.3, 0.4) is 0 Å². The van der Waals surface area contributed by atoms with Crippen LogP contribution in [0.5, 0.6) is 0 Å². The minimum atomic E-state index is -0.654. The highest BCUT2D eigenvalue weighted by Gasteiger charge is 2.10. The summed E-state index contributed by atoms with van der Waals surface area (Å²) in [5.41, 5.74) is 2.77. The molecular weight excluding hydrogens is 338 g/mol. The number of hydrogen-bond acceptors (Lipinski definition) is 7. The van der Waals surface area contributed by atoms with Gasteiger partial charge in [-0.25, -0.2) is 4.99 Å². The predicted molar refractivity (Wildman–Crippen MR) is 89.5 cm³/mol. The van der Waals surface area contributed by atoms with Crippen molar-refractivity contribution in [2.45, 2.75) is 6.92 Å². The van der Waals surface area contributed by atoms with Crippen molar-refractivity contribution >= 4 is 40.9 Å². The van der Waals surface area contributed by atoms with Gasteiger partial charge in [-0.3, -0.25) is 20.8 Å². The average molecular weight is 350 g/mol. The van der Waals surface area contributed by atoms with Crippen LogP contribution in [0.4, 0.5) is 11.6 Å². The number of furan rings is 1. The number of nitrogens with one attached hydrogen (secondary N) is 1. The number of nitro groups is 1. The number of amidine groups is 1. The molecule has 1 heterocycles. The Balaban J connectivity index is 2.13. The molecule has 2 N–H and O–H groups in total. The van der Waals surface area contributed by atoms with Crippen LogP contribution in [-0.4, -0.2) is 27.9 Å². The smallest absolute Gasteiger partial charge is 0.400 e. The zero-order chi connectivity index (χ0) is 17.5. The van der Waals surface area contributed by atoms with Crippen molar-refractivity contribution in [2.75, 3.05) is 0 Å². The lowest BCUT2D eigenvalue weighted by Crippen LogP contribution is -2.26. The first kappa shape index (κ1) is 17.3. The largest absolute Gasteiger partial charge is 0.433 e. The minimum absolute atomic E-state index is 0.0832. The van der Waals surface area contributed by atoms with Crippen LogP contribution in [0.15, 0.2) is 56.0 Å². The van der Waals surface area contributed by atoms with Gasteiger partial charge in [0.15, 0.2) is 11.6 Å². The lowest BCUT2D eigenvalue weighted by atomic mass is 10.3. The summed E-state index contributed by atoms with van der Waals surface area (Å²) in [5.74, 6) is -0.134. The number of rotatable bonds is 5. The first-order valence-corrected chi connectivity index (χ1v) is 6.94. The Kier molecular flexibility index (Phi) is 5.77. The molecule has 0 bridgehead atoms. The van der Waals surface area contributed by atoms with Gasteiger partial charge in [-0.15, -0.1) is 0 Å². The zero-order valence-electron chi connectivity index (χ0n) is 12.4. The van der Waals surface area contributed by atoms with Crippen LogP contribution >= 0.6 is 11.6 Å². The number of nitrogens with zero attached hydrogens (tertiary/aromatic N) is 4. The van der Waals surface area contributed by atoms with Gasteiger partial charge in [0.2, 0.25) is 0 Å². The van der Waals surface area contributed by atoms with Crippen LogP contribution in [0, 0.1) is 10.1 Å². The molecule has 0 radical (unpaired) electrons. The third-order valence-corrected chi connectivity index (χ3v) is 2.95. The summed E-state index contributed by atoms with van der Waals surface area (Å²) in [6.07, 6.45) is 1.20. The first-order valence-electron chi connectivity index (χ1n) is 6.56. The summed E-state index contributed by atoms with van der Waals surface area (Å²) in [4.78, 5) is 14.0. The third-order valence-electron chi connectivity index (χ3n) is 2.70. The quantitative estimate of drug-likeness (QED) is 0.370. The van der Waals surface area contributed by atoms with Gasteiger partial charge in [0.1, 0.15) is 10.6 Å². The fourth-order valence-electron chi connectivity index (χ4n) is 1.56. The van der Waals surface area contributed by atoms with Crippen molar-refractivity contribution in [3.05, 3.63) is 57.3 Å². The number of hydrogen-bond donors (Lipinski definition) is 2. The second-order valence-corrected chi connectivity index (χ2v) is 4.85. The third kappa shape index (κ3) is 4.73. The molecule has 0 atom stereocenters. The molecule has 0 spiro atoms. The maximum atomic E-state index is 10.5. The molecule has 2 aromatic rings. The second-order valence-electron chi connectivity index (χ2n) is 4.41. The normalized spacial score (nSPS) is 12.6. The molecule has 9 nitrogen and oxygen atoms in total. The molecule has 0 fully saturated rings. The van der Waals surface area contributed by atoms with E-state index in [-0.39, 0.29) is 23.2 Å². The average Bonchev–Trinajstić information content (AvgIpc) is 3.03. The molecule has 1 aromatic heterocycles. The monoisotopic (exact) mass is 349 g/mol. The van der Waals surface area contributed by atoms with Gasteiger partial charge >= 0.3 is 5.88 Å². The van der Waals surface area contributed by atoms with Crippen molar-refractivity contribution in [3.8, 4) is 0 Å². The Bertz CT molecular complexity index is 811. The maximum absolute atomic E-state index is 10.5. The Morgan fingerprint density at radius 1 is 1.33 bits per heavy atom. The van der Waals surface area contributed by atoms with Crippen LogP contribution in [-0.2, 0) is 0 Å². The van der Waals surface area contributed by atoms with Gasteiger partial charge in [-0.1, -0.05) is 11.6 Å². The van der Waals surface area contributed by atoms with Gasteiger partial charge in [-0.05, 0) is 37.3 Å². The molecule has 0 aliphatic carbocycles. The Hall–Kier alpha value is -3.04. The van der Waals surface area contributed by atoms with E-state index >= 15 is 0 Å². The van der Waals surface area contributed by atoms with E-state index < -0.39 is 4.92 Å². The van der Waals surface area contributed by atoms with Crippen LogP contribution < -0.4 is 5.48 Å². The van der Waals surface area contributed by atoms with Crippen molar-refractivity contribution < 1.29 is 14.5 Å². The van der Waals surface area contributed by atoms with Crippen molar-refractivity contribution in [2.24, 2.45) is 15.2 Å². The Morgan fingerprint density at radius 3 is 2.62 bits per heavy atom. The summed E-state index contributed by atoms with van der Waals surface area (Å²) in [5, 5.41) is 27.8. The fraction of sp³-hybridized carbons (Fsp3) is 0.0714. The molecule has 124 valence electrons. The summed E-state index contributed by atoms with van der Waals surface area (Å²) in [7, 11) is 0. The van der Waals surface area contributed by atoms with Gasteiger partial charge in [0.05, 0.1) is 18.0 Å². The molecule has 2 rings (SSSR count). The lowest BCUT2D eigenvalue weighted by Gasteiger charge is -2.02. The Labute approximate surface area is 141 Å². The van der Waals surface area contributed by atoms with E-state index in [9.17, 15) is 10.1 Å². The van der Waals surface area contributed by atoms with Crippen LogP contribution in [0.2, 0.25) is 5.02 Å². The maximum Gasteiger partial charge on any atom is 0.433 e. The van der Waals surface area contributed by atoms with Crippen molar-refractivity contribution in [3.63, 3.8) is 0 Å². The molecule has 0 aliphatic rings. The topological polar surface area (TPSA) is 126 Å². The van der Waals surface area contributed by atoms with E-state index in [1.165, 1.54) is 18.3 Å². The zero-order valence-corrected chi connectivity index (χ0v) is 13.1. The standard InChI is InChI=1S/C14H12ClN5O4/c1-9(14(19-21)17-11-4-2-10(15)3-5-11)18-16-8-12-6-7-13(24-12)20(22)23/h2-8,21H,1H3,(H,17,19)/b16-8-,18-9+. The lowest BCUT2D eigenvalue weighted by molar-refractivity contribution is -0.402. The molecule has 0 unspecified atom stereocenters. The highest BCUT2D eigenvalue weighted by atomic mass is 35.5. The summed E-state index contributed by atoms with van der Waals surface area (Å²) >= 11 is 5.79. The molecule has 0 amide bonds. The summed E-state index contributed by atoms with van der Waals surface area (Å²) < 4.78 is 4.90. The second kappa shape index (κ2) is 7.99. The molecule has 0 saturated carbocycles. The summed E-state index contributed by atoms with van der Waals surface area (Å²) in [6.45, 7) is 1.57. The van der Waals surface area contributed by atoms with Crippen molar-refractivity contribution in [1.82, 2.24) is 5.48 Å². The van der Waals surface area contributed by atoms with E-state index in [2.05, 4.69) is 15.2 Å². The molecule has 10 heteroatoms. The minimum Gasteiger partial charge on any atom is -0.400 e. The van der Waals surface area contributed by atoms with E-state index in [0.29, 0.717) is 10.7 Å². The number of hydroxylamine groups is 1. The van der Waals surface area contributed by atoms with E-state index in [0.717, 1.165) is 0 Å². The van der Waals surface area contributed by atoms with Crippen molar-refractivity contribution in [1.29, 1.82) is 0 Å². The fourth-order valence-corrected chi connectivity index (χ4v) is 1.69. The van der Waals surface area contributed by atoms with Gasteiger partial charge in [0, 0.05) is 5.02 Å². The van der Waals surface area contributed by atoms with Gasteiger partial charge < -0.3 is 4.42 Å². The van der Waals surface area contributed by atoms with Crippen LogP contribution in [0.1, 0.15) is 12.7 Å². The molecule has 24 heavy (non-hydrogen) atoms. The molecule has 0 aliphatic heterocycles. The number of halogens is 1. The highest BCUT2D eigenvalue weighted by Crippen LogP contribution is 2.16. The molecule has 1 aromatic carbocycles. The van der Waals surface area contributed by atoms with E-state index in [1.54, 1.807) is 31.2 Å². The SMILES string of the molecule is C/C(=N\N=C/c1ccc([N+](=O)[O-])o1)C(=Nc1ccc(Cl)cc1)NO. The number of benzene rings is 1. The Morgan fingerprint density at radius 2 is 2.04 bits per heavy atom. The molecular formula is C14H12ClN5O4. The van der Waals surface area contributed by atoms with Gasteiger partial charge in [-0.2, -0.15) is 10.2 Å². The predicted octanol–water partition coefficient (Wildman–Crippen LogP) is 3.35. The van der Waals surface area contributed by atoms with Gasteiger partial charge in [0.25, 0.3) is 0 Å². The summed E-state index contributed by atoms with van der Waals surface area (Å²) in [6, 6.07) is 9.24. The van der Waals surface area contributed by atoms with Crippen LogP contribution in [0.25, 0.3) is 0 Å². The first-order chi connectivity index (χ1) is 11.5. The van der Waals surface area contributed by atoms with E-state index in [1.807, 2.05) is 5.48 Å². The molecule has 0 saturated heterocycles. The highest BCUT2D eigenvalue weighted by molar-refractivity contribution is 6.40. The number of aliphatic imine (C=N–C) groups is 1. The van der Waals surface area contributed by atoms with E-state index in [4.69, 9.17) is 21.2 Å².